The Labute approximate surface area is 204 Å². The van der Waals surface area contributed by atoms with Crippen molar-refractivity contribution in [2.75, 3.05) is 72.2 Å². The molecule has 2 fully saturated rings. The van der Waals surface area contributed by atoms with Crippen LogP contribution < -0.4 is 10.6 Å². The minimum Gasteiger partial charge on any atom is -0.444 e. The Morgan fingerprint density at radius 3 is 2.48 bits per heavy atom. The molecule has 0 aliphatic carbocycles. The van der Waals surface area contributed by atoms with Crippen molar-refractivity contribution in [1.29, 1.82) is 0 Å². The second kappa shape index (κ2) is 13.6. The predicted octanol–water partition coefficient (Wildman–Crippen LogP) is 1.50. The van der Waals surface area contributed by atoms with Crippen molar-refractivity contribution in [3.63, 3.8) is 0 Å². The molecule has 0 aromatic rings. The van der Waals surface area contributed by atoms with Crippen LogP contribution in [0, 0.1) is 5.41 Å². The summed E-state index contributed by atoms with van der Waals surface area (Å²) in [6.45, 7) is 15.5. The molecule has 3 N–H and O–H groups in total. The molecule has 0 bridgehead atoms. The fourth-order valence-electron chi connectivity index (χ4n) is 3.69. The maximum Gasteiger partial charge on any atom is 0.410 e. The van der Waals surface area contributed by atoms with E-state index in [4.69, 9.17) is 14.5 Å². The quantitative estimate of drug-likeness (QED) is 0.237. The van der Waals surface area contributed by atoms with Crippen LogP contribution in [0.1, 0.15) is 40.5 Å². The average molecular weight is 556 g/mol. The number of carbonyl (C=O) groups excluding carboxylic acids is 1. The Morgan fingerprint density at radius 2 is 1.94 bits per heavy atom. The van der Waals surface area contributed by atoms with Gasteiger partial charge in [-0.25, -0.2) is 4.79 Å². The van der Waals surface area contributed by atoms with Gasteiger partial charge in [0.1, 0.15) is 5.60 Å². The molecule has 2 aliphatic heterocycles. The molecule has 2 saturated heterocycles. The molecule has 1 atom stereocenters. The van der Waals surface area contributed by atoms with E-state index in [1.54, 1.807) is 4.90 Å². The Balaban J connectivity index is 0.00000480. The van der Waals surface area contributed by atoms with Gasteiger partial charge in [0.2, 0.25) is 0 Å². The van der Waals surface area contributed by atoms with Crippen LogP contribution in [0.15, 0.2) is 4.99 Å². The van der Waals surface area contributed by atoms with Crippen molar-refractivity contribution in [2.24, 2.45) is 10.4 Å². The van der Waals surface area contributed by atoms with Crippen LogP contribution in [0.3, 0.4) is 0 Å². The molecule has 31 heavy (non-hydrogen) atoms. The number of aliphatic hydroxyl groups is 1. The van der Waals surface area contributed by atoms with Crippen LogP contribution in [0.25, 0.3) is 0 Å². The van der Waals surface area contributed by atoms with Crippen LogP contribution >= 0.6 is 24.0 Å². The topological polar surface area (TPSA) is 98.7 Å². The van der Waals surface area contributed by atoms with Crippen molar-refractivity contribution in [3.8, 4) is 0 Å². The van der Waals surface area contributed by atoms with Crippen LogP contribution in [0.5, 0.6) is 0 Å². The van der Waals surface area contributed by atoms with Crippen molar-refractivity contribution in [3.05, 3.63) is 0 Å². The van der Waals surface area contributed by atoms with E-state index in [2.05, 4.69) is 22.5 Å². The summed E-state index contributed by atoms with van der Waals surface area (Å²) >= 11 is 0. The van der Waals surface area contributed by atoms with Gasteiger partial charge in [-0.1, -0.05) is 0 Å². The van der Waals surface area contributed by atoms with Gasteiger partial charge in [-0.3, -0.25) is 9.89 Å². The third kappa shape index (κ3) is 10.1. The zero-order valence-electron chi connectivity index (χ0n) is 19.6. The summed E-state index contributed by atoms with van der Waals surface area (Å²) in [7, 11) is 0. The molecule has 182 valence electrons. The molecule has 2 aliphatic rings. The molecule has 0 radical (unpaired) electrons. The Kier molecular flexibility index (Phi) is 12.4. The fraction of sp³-hybridized carbons (Fsp3) is 0.905. The lowest BCUT2D eigenvalue weighted by Gasteiger charge is -2.35. The number of nitrogens with one attached hydrogen (secondary N) is 2. The van der Waals surface area contributed by atoms with Gasteiger partial charge in [0.05, 0.1) is 13.2 Å². The van der Waals surface area contributed by atoms with E-state index in [0.29, 0.717) is 26.2 Å². The molecule has 2 heterocycles. The van der Waals surface area contributed by atoms with E-state index in [1.165, 1.54) is 0 Å². The SMILES string of the molecule is CCNC(=NCC1(CCO)CCOC1)NCCN1CCN(C(=O)OC(C)(C)C)CC1.I. The van der Waals surface area contributed by atoms with Crippen LogP contribution in [-0.4, -0.2) is 105 Å². The number of hydrogen-bond donors (Lipinski definition) is 3. The van der Waals surface area contributed by atoms with Crippen LogP contribution in [0.4, 0.5) is 4.79 Å². The largest absolute Gasteiger partial charge is 0.444 e. The summed E-state index contributed by atoms with van der Waals surface area (Å²) in [4.78, 5) is 21.1. The number of nitrogens with zero attached hydrogens (tertiary/aromatic N) is 3. The molecule has 1 amide bonds. The lowest BCUT2D eigenvalue weighted by Crippen LogP contribution is -2.51. The first-order chi connectivity index (χ1) is 14.3. The highest BCUT2D eigenvalue weighted by Gasteiger charge is 2.34. The van der Waals surface area contributed by atoms with Crippen molar-refractivity contribution < 1.29 is 19.4 Å². The average Bonchev–Trinajstić information content (AvgIpc) is 3.14. The standard InChI is InChI=1S/C21H41N5O4.HI/c1-5-22-18(24-16-21(6-14-27)7-15-29-17-21)23-8-9-25-10-12-26(13-11-25)19(28)30-20(2,3)4;/h27H,5-17H2,1-4H3,(H2,22,23,24);1H. The third-order valence-corrected chi connectivity index (χ3v) is 5.49. The lowest BCUT2D eigenvalue weighted by atomic mass is 9.84. The number of amides is 1. The first-order valence-corrected chi connectivity index (χ1v) is 11.2. The fourth-order valence-corrected chi connectivity index (χ4v) is 3.69. The van der Waals surface area contributed by atoms with Gasteiger partial charge in [-0.05, 0) is 40.5 Å². The van der Waals surface area contributed by atoms with Crippen molar-refractivity contribution >= 4 is 36.0 Å². The number of halogens is 1. The Hall–Kier alpha value is -0.850. The van der Waals surface area contributed by atoms with Crippen LogP contribution in [0.2, 0.25) is 0 Å². The normalized spacial score (nSPS) is 22.7. The molecular weight excluding hydrogens is 513 g/mol. The van der Waals surface area contributed by atoms with E-state index in [0.717, 1.165) is 58.1 Å². The molecule has 0 spiro atoms. The van der Waals surface area contributed by atoms with Gasteiger partial charge in [0, 0.05) is 64.4 Å². The number of carbonyl (C=O) groups is 1. The van der Waals surface area contributed by atoms with E-state index in [9.17, 15) is 9.90 Å². The van der Waals surface area contributed by atoms with Gasteiger partial charge in [-0.2, -0.15) is 0 Å². The van der Waals surface area contributed by atoms with Gasteiger partial charge in [0.25, 0.3) is 0 Å². The lowest BCUT2D eigenvalue weighted by molar-refractivity contribution is 0.0147. The van der Waals surface area contributed by atoms with Gasteiger partial charge < -0.3 is 30.1 Å². The summed E-state index contributed by atoms with van der Waals surface area (Å²) in [5, 5.41) is 16.1. The highest BCUT2D eigenvalue weighted by Crippen LogP contribution is 2.32. The molecule has 2 rings (SSSR count). The summed E-state index contributed by atoms with van der Waals surface area (Å²) in [5.74, 6) is 0.800. The van der Waals surface area contributed by atoms with Crippen molar-refractivity contribution in [2.45, 2.75) is 46.1 Å². The molecule has 10 heteroatoms. The number of guanidine groups is 1. The van der Waals surface area contributed by atoms with Crippen LogP contribution in [-0.2, 0) is 9.47 Å². The number of hydrogen-bond acceptors (Lipinski definition) is 6. The smallest absolute Gasteiger partial charge is 0.410 e. The summed E-state index contributed by atoms with van der Waals surface area (Å²) in [6.07, 6.45) is 1.44. The highest BCUT2D eigenvalue weighted by atomic mass is 127. The molecule has 1 unspecified atom stereocenters. The molecule has 0 aromatic carbocycles. The van der Waals surface area contributed by atoms with E-state index >= 15 is 0 Å². The third-order valence-electron chi connectivity index (χ3n) is 5.49. The first kappa shape index (κ1) is 28.2. The maximum atomic E-state index is 12.2. The number of ether oxygens (including phenoxy) is 2. The zero-order valence-corrected chi connectivity index (χ0v) is 21.9. The second-order valence-electron chi connectivity index (χ2n) is 9.21. The van der Waals surface area contributed by atoms with E-state index < -0.39 is 5.60 Å². The Bertz CT molecular complexity index is 556. The minimum atomic E-state index is -0.458. The number of rotatable bonds is 8. The molecule has 0 aromatic heterocycles. The Morgan fingerprint density at radius 1 is 1.23 bits per heavy atom. The van der Waals surface area contributed by atoms with Gasteiger partial charge in [0.15, 0.2) is 5.96 Å². The number of aliphatic imine (C=N–C) groups is 1. The zero-order chi connectivity index (χ0) is 22.0. The van der Waals surface area contributed by atoms with E-state index in [-0.39, 0.29) is 42.1 Å². The van der Waals surface area contributed by atoms with Crippen molar-refractivity contribution in [1.82, 2.24) is 20.4 Å². The summed E-state index contributed by atoms with van der Waals surface area (Å²) in [5.41, 5.74) is -0.504. The summed E-state index contributed by atoms with van der Waals surface area (Å²) in [6, 6.07) is 0. The minimum absolute atomic E-state index is 0. The van der Waals surface area contributed by atoms with E-state index in [1.807, 2.05) is 20.8 Å². The summed E-state index contributed by atoms with van der Waals surface area (Å²) < 4.78 is 11.0. The first-order valence-electron chi connectivity index (χ1n) is 11.2. The monoisotopic (exact) mass is 555 g/mol. The molecule has 9 nitrogen and oxygen atoms in total. The maximum absolute atomic E-state index is 12.2. The predicted molar refractivity (Wildman–Crippen MR) is 133 cm³/mol. The second-order valence-corrected chi connectivity index (χ2v) is 9.21. The van der Waals surface area contributed by atoms with Gasteiger partial charge >= 0.3 is 6.09 Å². The molecule has 0 saturated carbocycles. The number of aliphatic hydroxyl groups excluding tert-OH is 1. The molecular formula is C21H42IN5O4. The highest BCUT2D eigenvalue weighted by molar-refractivity contribution is 14.0. The number of piperazine rings is 1. The van der Waals surface area contributed by atoms with Gasteiger partial charge in [-0.15, -0.1) is 24.0 Å².